The molecule has 176 valence electrons. The second kappa shape index (κ2) is 10.4. The Morgan fingerprint density at radius 2 is 1.97 bits per heavy atom. The van der Waals surface area contributed by atoms with Gasteiger partial charge in [-0.25, -0.2) is 4.39 Å². The van der Waals surface area contributed by atoms with Crippen molar-refractivity contribution >= 4 is 40.1 Å². The fraction of sp³-hybridized carbons (Fsp3) is 0.208. The lowest BCUT2D eigenvalue weighted by Crippen LogP contribution is -2.31. The monoisotopic (exact) mass is 501 g/mol. The summed E-state index contributed by atoms with van der Waals surface area (Å²) < 4.78 is 13.8. The molecule has 34 heavy (non-hydrogen) atoms. The van der Waals surface area contributed by atoms with Gasteiger partial charge >= 0.3 is 0 Å². The molecule has 0 aliphatic rings. The summed E-state index contributed by atoms with van der Waals surface area (Å²) in [5, 5.41) is 7.31. The van der Waals surface area contributed by atoms with Crippen molar-refractivity contribution in [2.75, 3.05) is 27.2 Å². The van der Waals surface area contributed by atoms with E-state index in [1.54, 1.807) is 18.5 Å². The van der Waals surface area contributed by atoms with Gasteiger partial charge in [-0.2, -0.15) is 0 Å². The molecule has 0 aliphatic heterocycles. The SMILES string of the molecule is CN(C)CCNC(=O)c1cccc(-c2cnc3cnn(OCc4c(Cl)ccc(F)c4Cl)c3c2)c1. The number of carbonyl (C=O) groups excluding carboxylic acids is 1. The molecule has 4 aromatic rings. The molecule has 7 nitrogen and oxygen atoms in total. The van der Waals surface area contributed by atoms with Crippen LogP contribution in [-0.4, -0.2) is 52.9 Å². The first kappa shape index (κ1) is 23.9. The summed E-state index contributed by atoms with van der Waals surface area (Å²) >= 11 is 12.2. The van der Waals surface area contributed by atoms with Crippen LogP contribution in [0, 0.1) is 5.82 Å². The van der Waals surface area contributed by atoms with E-state index in [0.717, 1.165) is 17.7 Å². The van der Waals surface area contributed by atoms with Crippen molar-refractivity contribution in [2.24, 2.45) is 0 Å². The maximum Gasteiger partial charge on any atom is 0.251 e. The van der Waals surface area contributed by atoms with Gasteiger partial charge in [-0.3, -0.25) is 9.78 Å². The second-order valence-electron chi connectivity index (χ2n) is 7.88. The van der Waals surface area contributed by atoms with E-state index in [-0.39, 0.29) is 17.5 Å². The average molecular weight is 502 g/mol. The van der Waals surface area contributed by atoms with Crippen molar-refractivity contribution in [3.05, 3.63) is 81.8 Å². The second-order valence-corrected chi connectivity index (χ2v) is 8.67. The Labute approximate surface area is 206 Å². The summed E-state index contributed by atoms with van der Waals surface area (Å²) in [5.74, 6) is -0.723. The fourth-order valence-corrected chi connectivity index (χ4v) is 3.79. The number of nitrogens with one attached hydrogen (secondary N) is 1. The Hall–Kier alpha value is -3.20. The maximum atomic E-state index is 13.8. The first-order valence-electron chi connectivity index (χ1n) is 10.5. The zero-order valence-corrected chi connectivity index (χ0v) is 20.1. The average Bonchev–Trinajstić information content (AvgIpc) is 3.23. The third-order valence-electron chi connectivity index (χ3n) is 5.16. The van der Waals surface area contributed by atoms with Gasteiger partial charge in [0.25, 0.3) is 5.91 Å². The summed E-state index contributed by atoms with van der Waals surface area (Å²) in [4.78, 5) is 26.0. The Bertz CT molecular complexity index is 1340. The number of benzene rings is 2. The van der Waals surface area contributed by atoms with Crippen LogP contribution < -0.4 is 10.2 Å². The number of rotatable bonds is 8. The highest BCUT2D eigenvalue weighted by Gasteiger charge is 2.14. The third-order valence-corrected chi connectivity index (χ3v) is 5.92. The largest absolute Gasteiger partial charge is 0.391 e. The standard InChI is InChI=1S/C24H22Cl2FN5O2/c1-31(2)9-8-28-24(33)16-5-3-4-15(10-16)17-11-22-21(29-12-17)13-30-32(22)34-14-18-19(25)6-7-20(27)23(18)26/h3-7,10-13H,8-9,14H2,1-2H3,(H,28,33). The van der Waals surface area contributed by atoms with Crippen LogP contribution in [0.3, 0.4) is 0 Å². The molecular formula is C24H22Cl2FN5O2. The number of aromatic nitrogens is 3. The molecule has 4 rings (SSSR count). The van der Waals surface area contributed by atoms with E-state index in [1.165, 1.54) is 17.0 Å². The van der Waals surface area contributed by atoms with Crippen LogP contribution in [0.4, 0.5) is 4.39 Å². The van der Waals surface area contributed by atoms with Crippen LogP contribution in [0.5, 0.6) is 0 Å². The van der Waals surface area contributed by atoms with E-state index >= 15 is 0 Å². The van der Waals surface area contributed by atoms with Gasteiger partial charge in [0.2, 0.25) is 0 Å². The highest BCUT2D eigenvalue weighted by molar-refractivity contribution is 6.36. The van der Waals surface area contributed by atoms with Gasteiger partial charge in [-0.05, 0) is 50.0 Å². The maximum absolute atomic E-state index is 13.8. The molecule has 0 bridgehead atoms. The van der Waals surface area contributed by atoms with Crippen molar-refractivity contribution in [3.8, 4) is 11.1 Å². The first-order chi connectivity index (χ1) is 16.3. The summed E-state index contributed by atoms with van der Waals surface area (Å²) in [6, 6.07) is 11.8. The molecular weight excluding hydrogens is 480 g/mol. The molecule has 2 heterocycles. The van der Waals surface area contributed by atoms with E-state index in [2.05, 4.69) is 15.4 Å². The van der Waals surface area contributed by atoms with Gasteiger partial charge in [0.15, 0.2) is 0 Å². The molecule has 0 radical (unpaired) electrons. The number of hydrogen-bond acceptors (Lipinski definition) is 5. The van der Waals surface area contributed by atoms with Crippen LogP contribution in [0.15, 0.2) is 54.9 Å². The quantitative estimate of drug-likeness (QED) is 0.360. The molecule has 10 heteroatoms. The van der Waals surface area contributed by atoms with Gasteiger partial charge in [-0.1, -0.05) is 40.2 Å². The van der Waals surface area contributed by atoms with Crippen LogP contribution >= 0.6 is 23.2 Å². The molecule has 0 spiro atoms. The smallest absolute Gasteiger partial charge is 0.251 e. The summed E-state index contributed by atoms with van der Waals surface area (Å²) in [7, 11) is 3.90. The van der Waals surface area contributed by atoms with E-state index < -0.39 is 5.82 Å². The molecule has 1 amide bonds. The van der Waals surface area contributed by atoms with Crippen LogP contribution in [-0.2, 0) is 6.61 Å². The molecule has 2 aromatic carbocycles. The first-order valence-corrected chi connectivity index (χ1v) is 11.2. The van der Waals surface area contributed by atoms with Gasteiger partial charge in [-0.15, -0.1) is 5.10 Å². The van der Waals surface area contributed by atoms with Gasteiger partial charge in [0, 0.05) is 41.0 Å². The lowest BCUT2D eigenvalue weighted by molar-refractivity contribution is 0.0794. The molecule has 0 saturated heterocycles. The van der Waals surface area contributed by atoms with Crippen LogP contribution in [0.2, 0.25) is 10.0 Å². The molecule has 0 saturated carbocycles. The number of fused-ring (bicyclic) bond motifs is 1. The number of halogens is 3. The van der Waals surface area contributed by atoms with Crippen molar-refractivity contribution in [1.29, 1.82) is 0 Å². The number of pyridine rings is 1. The van der Waals surface area contributed by atoms with E-state index in [4.69, 9.17) is 28.0 Å². The molecule has 1 N–H and O–H groups in total. The van der Waals surface area contributed by atoms with Crippen molar-refractivity contribution in [3.63, 3.8) is 0 Å². The summed E-state index contributed by atoms with van der Waals surface area (Å²) in [6.07, 6.45) is 3.26. The van der Waals surface area contributed by atoms with Crippen LogP contribution in [0.1, 0.15) is 15.9 Å². The molecule has 0 atom stereocenters. The molecule has 0 aliphatic carbocycles. The molecule has 0 fully saturated rings. The Kier molecular flexibility index (Phi) is 7.31. The van der Waals surface area contributed by atoms with Crippen molar-refractivity contribution in [1.82, 2.24) is 25.1 Å². The zero-order valence-electron chi connectivity index (χ0n) is 18.6. The predicted molar refractivity (Wildman–Crippen MR) is 131 cm³/mol. The number of likely N-dealkylation sites (N-methyl/N-ethyl adjacent to an activating group) is 1. The Morgan fingerprint density at radius 1 is 1.15 bits per heavy atom. The van der Waals surface area contributed by atoms with Crippen LogP contribution in [0.25, 0.3) is 22.2 Å². The number of amides is 1. The third kappa shape index (κ3) is 5.30. The Morgan fingerprint density at radius 3 is 2.76 bits per heavy atom. The number of hydrogen-bond donors (Lipinski definition) is 1. The Balaban J connectivity index is 1.56. The lowest BCUT2D eigenvalue weighted by Gasteiger charge is -2.11. The minimum atomic E-state index is -0.579. The highest BCUT2D eigenvalue weighted by Crippen LogP contribution is 2.28. The number of nitrogens with zero attached hydrogens (tertiary/aromatic N) is 4. The van der Waals surface area contributed by atoms with E-state index in [0.29, 0.717) is 33.7 Å². The van der Waals surface area contributed by atoms with E-state index in [1.807, 2.05) is 43.3 Å². The topological polar surface area (TPSA) is 72.3 Å². The van der Waals surface area contributed by atoms with Crippen molar-refractivity contribution < 1.29 is 14.0 Å². The zero-order chi connectivity index (χ0) is 24.2. The minimum Gasteiger partial charge on any atom is -0.391 e. The van der Waals surface area contributed by atoms with Gasteiger partial charge < -0.3 is 15.1 Å². The van der Waals surface area contributed by atoms with Crippen molar-refractivity contribution in [2.45, 2.75) is 6.61 Å². The van der Waals surface area contributed by atoms with E-state index in [9.17, 15) is 9.18 Å². The summed E-state index contributed by atoms with van der Waals surface area (Å²) in [5.41, 5.74) is 3.68. The lowest BCUT2D eigenvalue weighted by atomic mass is 10.0. The fourth-order valence-electron chi connectivity index (χ4n) is 3.31. The number of carbonyl (C=O) groups is 1. The normalized spacial score (nSPS) is 11.2. The molecule has 0 unspecified atom stereocenters. The summed E-state index contributed by atoms with van der Waals surface area (Å²) in [6.45, 7) is 1.22. The minimum absolute atomic E-state index is 0.0843. The highest BCUT2D eigenvalue weighted by atomic mass is 35.5. The van der Waals surface area contributed by atoms with Gasteiger partial charge in [0.1, 0.15) is 23.5 Å². The molecule has 2 aromatic heterocycles. The predicted octanol–water partition coefficient (Wildman–Crippen LogP) is 4.46. The van der Waals surface area contributed by atoms with Gasteiger partial charge in [0.05, 0.1) is 11.2 Å².